The molecule has 3 aromatic carbocycles. The Hall–Kier alpha value is -3.62. The Labute approximate surface area is 204 Å². The molecule has 6 nitrogen and oxygen atoms in total. The zero-order valence-electron chi connectivity index (χ0n) is 18.4. The molecule has 0 bridgehead atoms. The van der Waals surface area contributed by atoms with E-state index in [4.69, 9.17) is 16.3 Å². The molecule has 0 aromatic heterocycles. The van der Waals surface area contributed by atoms with Gasteiger partial charge in [0.15, 0.2) is 0 Å². The van der Waals surface area contributed by atoms with Gasteiger partial charge in [0.2, 0.25) is 11.8 Å². The maximum absolute atomic E-state index is 14.0. The van der Waals surface area contributed by atoms with Gasteiger partial charge in [-0.1, -0.05) is 35.9 Å². The van der Waals surface area contributed by atoms with E-state index in [-0.39, 0.29) is 0 Å². The van der Waals surface area contributed by atoms with Crippen LogP contribution in [0.4, 0.5) is 14.5 Å². The molecule has 0 aliphatic carbocycles. The molecule has 2 aliphatic heterocycles. The van der Waals surface area contributed by atoms with Crippen LogP contribution in [0.3, 0.4) is 0 Å². The lowest BCUT2D eigenvalue weighted by molar-refractivity contribution is -0.145. The lowest BCUT2D eigenvalue weighted by atomic mass is 9.71. The number of hydrogen-bond acceptors (Lipinski definition) is 5. The molecule has 0 saturated carbocycles. The van der Waals surface area contributed by atoms with Crippen molar-refractivity contribution in [1.82, 2.24) is 5.32 Å². The number of nitrogens with one attached hydrogen (secondary N) is 1. The highest BCUT2D eigenvalue weighted by Gasteiger charge is 2.68. The van der Waals surface area contributed by atoms with E-state index >= 15 is 0 Å². The van der Waals surface area contributed by atoms with Crippen LogP contribution in [0.25, 0.3) is 0 Å². The lowest BCUT2D eigenvalue weighted by Crippen LogP contribution is -2.52. The number of ether oxygens (including phenoxy) is 1. The van der Waals surface area contributed by atoms with E-state index in [1.807, 2.05) is 0 Å². The minimum atomic E-state index is -1.45. The van der Waals surface area contributed by atoms with Crippen molar-refractivity contribution in [3.8, 4) is 0 Å². The Balaban J connectivity index is 1.75. The summed E-state index contributed by atoms with van der Waals surface area (Å²) >= 11 is 5.98. The van der Waals surface area contributed by atoms with Gasteiger partial charge in [-0.15, -0.1) is 0 Å². The average molecular weight is 497 g/mol. The summed E-state index contributed by atoms with van der Waals surface area (Å²) in [5.74, 6) is -5.11. The van der Waals surface area contributed by atoms with Crippen LogP contribution >= 0.6 is 11.6 Å². The monoisotopic (exact) mass is 496 g/mol. The summed E-state index contributed by atoms with van der Waals surface area (Å²) in [4.78, 5) is 41.5. The number of rotatable bonds is 4. The number of carbonyl (C=O) groups excluding carboxylic acids is 3. The number of amides is 2. The van der Waals surface area contributed by atoms with E-state index in [9.17, 15) is 23.2 Å². The topological polar surface area (TPSA) is 75.7 Å². The maximum atomic E-state index is 14.0. The number of fused-ring (bicyclic) bond motifs is 1. The number of hydrogen-bond donors (Lipinski definition) is 1. The van der Waals surface area contributed by atoms with Crippen LogP contribution in [0, 0.1) is 23.5 Å². The van der Waals surface area contributed by atoms with Crippen LogP contribution < -0.4 is 10.2 Å². The molecule has 2 fully saturated rings. The predicted molar refractivity (Wildman–Crippen MR) is 123 cm³/mol. The van der Waals surface area contributed by atoms with E-state index in [0.717, 1.165) is 4.90 Å². The molecule has 0 unspecified atom stereocenters. The molecule has 0 radical (unpaired) electrons. The summed E-state index contributed by atoms with van der Waals surface area (Å²) in [5.41, 5.74) is -0.273. The van der Waals surface area contributed by atoms with E-state index in [1.54, 1.807) is 12.1 Å². The molecule has 2 aliphatic rings. The summed E-state index contributed by atoms with van der Waals surface area (Å²) in [6.07, 6.45) is 0. The molecule has 2 amide bonds. The molecular weight excluding hydrogens is 478 g/mol. The molecule has 2 saturated heterocycles. The minimum Gasteiger partial charge on any atom is -0.468 e. The fourth-order valence-electron chi connectivity index (χ4n) is 5.20. The van der Waals surface area contributed by atoms with Gasteiger partial charge in [-0.25, -0.2) is 13.7 Å². The molecule has 1 N–H and O–H groups in total. The number of imide groups is 1. The first-order valence-electron chi connectivity index (χ1n) is 10.8. The molecule has 35 heavy (non-hydrogen) atoms. The van der Waals surface area contributed by atoms with Gasteiger partial charge in [-0.05, 0) is 59.7 Å². The first-order valence-corrected chi connectivity index (χ1v) is 11.2. The minimum absolute atomic E-state index is 0.300. The first kappa shape index (κ1) is 23.1. The van der Waals surface area contributed by atoms with E-state index in [2.05, 4.69) is 5.32 Å². The molecule has 2 heterocycles. The highest BCUT2D eigenvalue weighted by atomic mass is 35.5. The van der Waals surface area contributed by atoms with Gasteiger partial charge in [0, 0.05) is 5.02 Å². The molecule has 3 atom stereocenters. The largest absolute Gasteiger partial charge is 0.468 e. The zero-order chi connectivity index (χ0) is 24.9. The number of halogens is 3. The summed E-state index contributed by atoms with van der Waals surface area (Å²) in [6, 6.07) is 15.8. The molecule has 0 spiro atoms. The molecule has 178 valence electrons. The Morgan fingerprint density at radius 1 is 0.886 bits per heavy atom. The fourth-order valence-corrected chi connectivity index (χ4v) is 5.33. The second-order valence-electron chi connectivity index (χ2n) is 8.46. The normalized spacial score (nSPS) is 22.9. The summed E-state index contributed by atoms with van der Waals surface area (Å²) in [7, 11) is 1.19. The maximum Gasteiger partial charge on any atom is 0.323 e. The summed E-state index contributed by atoms with van der Waals surface area (Å²) in [5, 5.41) is 3.59. The van der Waals surface area contributed by atoms with Crippen molar-refractivity contribution in [2.45, 2.75) is 11.6 Å². The SMILES string of the molecule is COC(=O)[C@@H]1NC(c2ccc(F)cc2)(c2ccc(F)cc2)[C@@H]2C(=O)N(c3ccc(Cl)cc3)C(=O)[C@H]21. The van der Waals surface area contributed by atoms with Crippen molar-refractivity contribution < 1.29 is 27.9 Å². The smallest absolute Gasteiger partial charge is 0.323 e. The van der Waals surface area contributed by atoms with Gasteiger partial charge in [0.25, 0.3) is 0 Å². The zero-order valence-corrected chi connectivity index (χ0v) is 19.1. The van der Waals surface area contributed by atoms with E-state index in [1.165, 1.54) is 67.8 Å². The molecule has 3 aromatic rings. The quantitative estimate of drug-likeness (QED) is 0.439. The van der Waals surface area contributed by atoms with Crippen LogP contribution in [0.1, 0.15) is 11.1 Å². The standard InChI is InChI=1S/C26H19ClF2N2O4/c1-35-25(34)22-20-21(24(33)31(23(20)32)19-12-6-16(27)7-13-19)26(30-22,14-2-8-17(28)9-3-14)15-4-10-18(29)11-5-15/h2-13,20-22,30H,1H3/t20-,21+,22-/m1/s1. The third-order valence-corrected chi connectivity index (χ3v) is 6.95. The summed E-state index contributed by atoms with van der Waals surface area (Å²) in [6.45, 7) is 0. The number of anilines is 1. The van der Waals surface area contributed by atoms with Crippen molar-refractivity contribution >= 4 is 35.1 Å². The third kappa shape index (κ3) is 3.52. The Bertz CT molecular complexity index is 1270. The van der Waals surface area contributed by atoms with Gasteiger partial charge in [0.1, 0.15) is 17.7 Å². The highest BCUT2D eigenvalue weighted by molar-refractivity contribution is 6.31. The number of carbonyl (C=O) groups is 3. The number of nitrogens with zero attached hydrogens (tertiary/aromatic N) is 1. The predicted octanol–water partition coefficient (Wildman–Crippen LogP) is 3.81. The lowest BCUT2D eigenvalue weighted by Gasteiger charge is -2.36. The Morgan fingerprint density at radius 3 is 1.89 bits per heavy atom. The number of esters is 1. The summed E-state index contributed by atoms with van der Waals surface area (Å²) < 4.78 is 32.7. The van der Waals surface area contributed by atoms with Crippen LogP contribution in [0.5, 0.6) is 0 Å². The van der Waals surface area contributed by atoms with Crippen LogP contribution in [0.15, 0.2) is 72.8 Å². The number of methoxy groups -OCH3 is 1. The molecular formula is C26H19ClF2N2O4. The second kappa shape index (κ2) is 8.55. The Morgan fingerprint density at radius 2 is 1.40 bits per heavy atom. The van der Waals surface area contributed by atoms with Crippen molar-refractivity contribution in [1.29, 1.82) is 0 Å². The molecule has 5 rings (SSSR count). The Kier molecular flexibility index (Phi) is 5.65. The van der Waals surface area contributed by atoms with Crippen LogP contribution in [0.2, 0.25) is 5.02 Å². The first-order chi connectivity index (χ1) is 16.8. The second-order valence-corrected chi connectivity index (χ2v) is 8.90. The average Bonchev–Trinajstić information content (AvgIpc) is 3.35. The van der Waals surface area contributed by atoms with Gasteiger partial charge in [0.05, 0.1) is 30.2 Å². The third-order valence-electron chi connectivity index (χ3n) is 6.70. The fraction of sp³-hybridized carbons (Fsp3) is 0.192. The van der Waals surface area contributed by atoms with Crippen molar-refractivity contribution in [2.75, 3.05) is 12.0 Å². The van der Waals surface area contributed by atoms with Crippen molar-refractivity contribution in [3.63, 3.8) is 0 Å². The van der Waals surface area contributed by atoms with Crippen molar-refractivity contribution in [3.05, 3.63) is 101 Å². The van der Waals surface area contributed by atoms with Crippen molar-refractivity contribution in [2.24, 2.45) is 11.8 Å². The van der Waals surface area contributed by atoms with Gasteiger partial charge in [-0.3, -0.25) is 19.7 Å². The molecule has 9 heteroatoms. The van der Waals surface area contributed by atoms with E-state index < -0.39 is 52.8 Å². The van der Waals surface area contributed by atoms with E-state index in [0.29, 0.717) is 21.8 Å². The number of benzene rings is 3. The van der Waals surface area contributed by atoms with Crippen LogP contribution in [-0.2, 0) is 24.7 Å². The van der Waals surface area contributed by atoms with Crippen LogP contribution in [-0.4, -0.2) is 30.9 Å². The highest BCUT2D eigenvalue weighted by Crippen LogP contribution is 2.52. The van der Waals surface area contributed by atoms with Gasteiger partial charge < -0.3 is 4.74 Å². The van der Waals surface area contributed by atoms with Gasteiger partial charge >= 0.3 is 5.97 Å². The van der Waals surface area contributed by atoms with Gasteiger partial charge in [-0.2, -0.15) is 0 Å².